The second kappa shape index (κ2) is 6.09. The molecule has 0 fully saturated rings. The van der Waals surface area contributed by atoms with Gasteiger partial charge in [-0.3, -0.25) is 0 Å². The second-order valence-corrected chi connectivity index (χ2v) is 5.73. The normalized spacial score (nSPS) is 13.6. The Labute approximate surface area is 101 Å². The Morgan fingerprint density at radius 1 is 1.35 bits per heavy atom. The minimum atomic E-state index is -3.32. The summed E-state index contributed by atoms with van der Waals surface area (Å²) in [7, 11) is -3.32. The molecule has 0 saturated carbocycles. The molecule has 0 saturated heterocycles. The van der Waals surface area contributed by atoms with Crippen molar-refractivity contribution >= 4 is 10.0 Å². The molecule has 3 N–H and O–H groups in total. The summed E-state index contributed by atoms with van der Waals surface area (Å²) >= 11 is 0. The Kier molecular flexibility index (Phi) is 5.04. The average Bonchev–Trinajstić information content (AvgIpc) is 2.26. The minimum Gasteiger partial charge on any atom is -0.330 e. The van der Waals surface area contributed by atoms with Gasteiger partial charge in [0, 0.05) is 6.04 Å². The van der Waals surface area contributed by atoms with Gasteiger partial charge >= 0.3 is 0 Å². The molecule has 0 aromatic heterocycles. The molecule has 1 rings (SSSR count). The van der Waals surface area contributed by atoms with Gasteiger partial charge in [0.2, 0.25) is 10.0 Å². The predicted molar refractivity (Wildman–Crippen MR) is 65.4 cm³/mol. The molecule has 0 radical (unpaired) electrons. The van der Waals surface area contributed by atoms with Gasteiger partial charge in [-0.05, 0) is 37.6 Å². The zero-order valence-corrected chi connectivity index (χ0v) is 10.5. The van der Waals surface area contributed by atoms with E-state index >= 15 is 0 Å². The molecular formula is C11H17FN2O2S. The van der Waals surface area contributed by atoms with E-state index in [0.29, 0.717) is 13.0 Å². The Balaban J connectivity index is 2.65. The smallest absolute Gasteiger partial charge is 0.212 e. The number of benzene rings is 1. The molecule has 1 unspecified atom stereocenters. The monoisotopic (exact) mass is 260 g/mol. The lowest BCUT2D eigenvalue weighted by Crippen LogP contribution is -2.30. The zero-order chi connectivity index (χ0) is 12.9. The van der Waals surface area contributed by atoms with Crippen molar-refractivity contribution in [2.24, 2.45) is 5.73 Å². The van der Waals surface area contributed by atoms with E-state index in [4.69, 9.17) is 5.73 Å². The first kappa shape index (κ1) is 14.1. The van der Waals surface area contributed by atoms with Crippen molar-refractivity contribution in [3.63, 3.8) is 0 Å². The van der Waals surface area contributed by atoms with E-state index in [1.807, 2.05) is 0 Å². The first-order valence-corrected chi connectivity index (χ1v) is 7.05. The quantitative estimate of drug-likeness (QED) is 0.806. The molecule has 0 heterocycles. The Morgan fingerprint density at radius 2 is 1.94 bits per heavy atom. The van der Waals surface area contributed by atoms with Crippen LogP contribution in [0, 0.1) is 5.82 Å². The van der Waals surface area contributed by atoms with Crippen LogP contribution in [0.15, 0.2) is 24.3 Å². The molecule has 17 heavy (non-hydrogen) atoms. The molecule has 0 spiro atoms. The number of sulfonamides is 1. The van der Waals surface area contributed by atoms with Crippen molar-refractivity contribution in [2.75, 3.05) is 12.3 Å². The lowest BCUT2D eigenvalue weighted by Gasteiger charge is -2.14. The molecule has 6 heteroatoms. The van der Waals surface area contributed by atoms with E-state index in [1.165, 1.54) is 12.1 Å². The summed E-state index contributed by atoms with van der Waals surface area (Å²) in [5.41, 5.74) is 5.99. The number of rotatable bonds is 6. The van der Waals surface area contributed by atoms with Gasteiger partial charge in [-0.25, -0.2) is 17.5 Å². The molecule has 1 atom stereocenters. The molecule has 1 aromatic carbocycles. The molecule has 1 aromatic rings. The molecule has 0 bridgehead atoms. The molecule has 0 aliphatic heterocycles. The van der Waals surface area contributed by atoms with Crippen LogP contribution in [0.1, 0.15) is 24.9 Å². The van der Waals surface area contributed by atoms with E-state index in [-0.39, 0.29) is 17.6 Å². The van der Waals surface area contributed by atoms with E-state index in [9.17, 15) is 12.8 Å². The minimum absolute atomic E-state index is 0.00896. The zero-order valence-electron chi connectivity index (χ0n) is 9.69. The molecule has 0 aliphatic carbocycles. The third kappa shape index (κ3) is 4.80. The fraction of sp³-hybridized carbons (Fsp3) is 0.455. The van der Waals surface area contributed by atoms with Gasteiger partial charge in [-0.2, -0.15) is 0 Å². The summed E-state index contributed by atoms with van der Waals surface area (Å²) in [4.78, 5) is 0. The Bertz CT molecular complexity index is 445. The first-order valence-electron chi connectivity index (χ1n) is 5.40. The topological polar surface area (TPSA) is 72.2 Å². The lowest BCUT2D eigenvalue weighted by molar-refractivity contribution is 0.564. The summed E-state index contributed by atoms with van der Waals surface area (Å²) < 4.78 is 38.4. The third-order valence-electron chi connectivity index (χ3n) is 2.34. The van der Waals surface area contributed by atoms with Gasteiger partial charge in [0.05, 0.1) is 5.75 Å². The van der Waals surface area contributed by atoms with Gasteiger partial charge in [0.1, 0.15) is 5.82 Å². The SMILES string of the molecule is CC(NS(=O)(=O)CCCN)c1ccc(F)cc1. The number of hydrogen-bond donors (Lipinski definition) is 2. The Hall–Kier alpha value is -0.980. The maximum absolute atomic E-state index is 12.7. The van der Waals surface area contributed by atoms with Crippen LogP contribution in [-0.4, -0.2) is 20.7 Å². The summed E-state index contributed by atoms with van der Waals surface area (Å²) in [6, 6.07) is 5.36. The van der Waals surface area contributed by atoms with Crippen LogP contribution in [0.3, 0.4) is 0 Å². The summed E-state index contributed by atoms with van der Waals surface area (Å²) in [5.74, 6) is -0.332. The Morgan fingerprint density at radius 3 is 2.47 bits per heavy atom. The molecule has 96 valence electrons. The number of nitrogens with one attached hydrogen (secondary N) is 1. The van der Waals surface area contributed by atoms with Crippen molar-refractivity contribution in [1.29, 1.82) is 0 Å². The van der Waals surface area contributed by atoms with Crippen LogP contribution in [0.5, 0.6) is 0 Å². The molecule has 4 nitrogen and oxygen atoms in total. The van der Waals surface area contributed by atoms with Crippen molar-refractivity contribution in [3.8, 4) is 0 Å². The molecule has 0 amide bonds. The fourth-order valence-electron chi connectivity index (χ4n) is 1.42. The van der Waals surface area contributed by atoms with Gasteiger partial charge in [0.15, 0.2) is 0 Å². The summed E-state index contributed by atoms with van der Waals surface area (Å²) in [5, 5.41) is 0. The standard InChI is InChI=1S/C11H17FN2O2S/c1-9(10-3-5-11(12)6-4-10)14-17(15,16)8-2-7-13/h3-6,9,14H,2,7-8,13H2,1H3. The maximum atomic E-state index is 12.7. The van der Waals surface area contributed by atoms with Gasteiger partial charge < -0.3 is 5.73 Å². The molecular weight excluding hydrogens is 243 g/mol. The lowest BCUT2D eigenvalue weighted by atomic mass is 10.1. The van der Waals surface area contributed by atoms with Crippen LogP contribution < -0.4 is 10.5 Å². The number of hydrogen-bond acceptors (Lipinski definition) is 3. The summed E-state index contributed by atoms with van der Waals surface area (Å²) in [6.45, 7) is 2.05. The van der Waals surface area contributed by atoms with Gasteiger partial charge in [-0.1, -0.05) is 12.1 Å². The van der Waals surface area contributed by atoms with E-state index in [1.54, 1.807) is 19.1 Å². The van der Waals surface area contributed by atoms with Crippen LogP contribution in [-0.2, 0) is 10.0 Å². The third-order valence-corrected chi connectivity index (χ3v) is 3.88. The van der Waals surface area contributed by atoms with E-state index in [0.717, 1.165) is 5.56 Å². The predicted octanol–water partition coefficient (Wildman–Crippen LogP) is 1.15. The highest BCUT2D eigenvalue weighted by Gasteiger charge is 2.15. The maximum Gasteiger partial charge on any atom is 0.212 e. The van der Waals surface area contributed by atoms with Crippen molar-refractivity contribution in [3.05, 3.63) is 35.6 Å². The number of halogens is 1. The van der Waals surface area contributed by atoms with E-state index < -0.39 is 10.0 Å². The largest absolute Gasteiger partial charge is 0.330 e. The van der Waals surface area contributed by atoms with Gasteiger partial charge in [-0.15, -0.1) is 0 Å². The molecule has 0 aliphatic rings. The fourth-order valence-corrected chi connectivity index (χ4v) is 2.76. The first-order chi connectivity index (χ1) is 7.94. The van der Waals surface area contributed by atoms with Crippen LogP contribution in [0.2, 0.25) is 0 Å². The highest BCUT2D eigenvalue weighted by molar-refractivity contribution is 7.89. The van der Waals surface area contributed by atoms with Gasteiger partial charge in [0.25, 0.3) is 0 Å². The average molecular weight is 260 g/mol. The summed E-state index contributed by atoms with van der Waals surface area (Å²) in [6.07, 6.45) is 0.422. The van der Waals surface area contributed by atoms with Crippen LogP contribution in [0.25, 0.3) is 0 Å². The highest BCUT2D eigenvalue weighted by Crippen LogP contribution is 2.14. The van der Waals surface area contributed by atoms with E-state index in [2.05, 4.69) is 4.72 Å². The second-order valence-electron chi connectivity index (χ2n) is 3.85. The number of nitrogens with two attached hydrogens (primary N) is 1. The van der Waals surface area contributed by atoms with Crippen molar-refractivity contribution in [2.45, 2.75) is 19.4 Å². The van der Waals surface area contributed by atoms with Crippen LogP contribution in [0.4, 0.5) is 4.39 Å². The van der Waals surface area contributed by atoms with Crippen LogP contribution >= 0.6 is 0 Å². The van der Waals surface area contributed by atoms with Crippen molar-refractivity contribution in [1.82, 2.24) is 4.72 Å². The van der Waals surface area contributed by atoms with Crippen molar-refractivity contribution < 1.29 is 12.8 Å². The highest BCUT2D eigenvalue weighted by atomic mass is 32.2.